The molecule has 0 aliphatic heterocycles. The molecule has 3 nitrogen and oxygen atoms in total. The molecule has 0 bridgehead atoms. The van der Waals surface area contributed by atoms with Crippen LogP contribution < -0.4 is 0 Å². The second kappa shape index (κ2) is 7.12. The van der Waals surface area contributed by atoms with Crippen LogP contribution in [0.15, 0.2) is 22.7 Å². The minimum absolute atomic E-state index is 0.300. The summed E-state index contributed by atoms with van der Waals surface area (Å²) in [5, 5.41) is 10.7. The van der Waals surface area contributed by atoms with Crippen molar-refractivity contribution in [2.75, 3.05) is 6.61 Å². The highest BCUT2D eigenvalue weighted by Crippen LogP contribution is 2.32. The van der Waals surface area contributed by atoms with E-state index in [1.807, 2.05) is 6.92 Å². The largest absolute Gasteiger partial charge is 0.466 e. The van der Waals surface area contributed by atoms with Crippen LogP contribution in [0.25, 0.3) is 0 Å². The zero-order chi connectivity index (χ0) is 13.7. The van der Waals surface area contributed by atoms with Gasteiger partial charge in [-0.3, -0.25) is 4.79 Å². The number of benzene rings is 1. The number of hydrogen-bond acceptors (Lipinski definition) is 3. The molecule has 5 heteroatoms. The Kier molecular flexibility index (Phi) is 6.12. The summed E-state index contributed by atoms with van der Waals surface area (Å²) in [6, 6.07) is 5.18. The van der Waals surface area contributed by atoms with Crippen LogP contribution in [0.4, 0.5) is 0 Å². The Hall–Kier alpha value is -0.580. The minimum atomic E-state index is -0.959. The van der Waals surface area contributed by atoms with E-state index in [2.05, 4.69) is 15.9 Å². The molecule has 18 heavy (non-hydrogen) atoms. The van der Waals surface area contributed by atoms with Gasteiger partial charge in [-0.1, -0.05) is 34.5 Å². The van der Waals surface area contributed by atoms with E-state index in [1.54, 1.807) is 25.1 Å². The predicted octanol–water partition coefficient (Wildman–Crippen LogP) is 3.73. The van der Waals surface area contributed by atoms with Gasteiger partial charge < -0.3 is 9.84 Å². The molecule has 0 saturated heterocycles. The van der Waals surface area contributed by atoms with Crippen LogP contribution in [0.3, 0.4) is 0 Å². The molecule has 0 aliphatic carbocycles. The molecule has 0 aliphatic rings. The molecule has 1 aromatic rings. The molecule has 1 rings (SSSR count). The van der Waals surface area contributed by atoms with Crippen LogP contribution in [-0.4, -0.2) is 17.7 Å². The van der Waals surface area contributed by atoms with Crippen molar-refractivity contribution in [3.05, 3.63) is 33.3 Å². The molecule has 0 saturated carbocycles. The van der Waals surface area contributed by atoms with Crippen molar-refractivity contribution in [3.63, 3.8) is 0 Å². The Labute approximate surface area is 120 Å². The van der Waals surface area contributed by atoms with Crippen molar-refractivity contribution in [2.24, 2.45) is 5.92 Å². The average Bonchev–Trinajstić information content (AvgIpc) is 2.33. The van der Waals surface area contributed by atoms with E-state index in [1.165, 1.54) is 0 Å². The monoisotopic (exact) mass is 334 g/mol. The fraction of sp³-hybridized carbons (Fsp3) is 0.462. The van der Waals surface area contributed by atoms with Crippen molar-refractivity contribution in [1.82, 2.24) is 0 Å². The van der Waals surface area contributed by atoms with Gasteiger partial charge in [0, 0.05) is 15.1 Å². The molecular weight excluding hydrogens is 319 g/mol. The molecule has 0 radical (unpaired) electrons. The van der Waals surface area contributed by atoms with Gasteiger partial charge in [-0.25, -0.2) is 0 Å². The number of carbonyl (C=O) groups is 1. The molecule has 1 aromatic carbocycles. The zero-order valence-electron chi connectivity index (χ0n) is 10.3. The molecule has 0 heterocycles. The number of aliphatic hydroxyl groups is 1. The molecule has 0 fully saturated rings. The molecule has 1 N–H and O–H groups in total. The Morgan fingerprint density at radius 1 is 1.50 bits per heavy atom. The standard InChI is InChI=1S/C13H16BrClO3/c1-3-9(13(17)18-4-2)12(16)10-7-8(14)5-6-11(10)15/h5-7,9,12,16H,3-4H2,1-2H3. The third kappa shape index (κ3) is 3.70. The smallest absolute Gasteiger partial charge is 0.311 e. The lowest BCUT2D eigenvalue weighted by atomic mass is 9.93. The van der Waals surface area contributed by atoms with Crippen molar-refractivity contribution in [2.45, 2.75) is 26.4 Å². The highest BCUT2D eigenvalue weighted by molar-refractivity contribution is 9.10. The normalized spacial score (nSPS) is 14.1. The fourth-order valence-electron chi connectivity index (χ4n) is 1.73. The SMILES string of the molecule is CCOC(=O)C(CC)C(O)c1cc(Br)ccc1Cl. The number of halogens is 2. The Morgan fingerprint density at radius 3 is 2.72 bits per heavy atom. The fourth-order valence-corrected chi connectivity index (χ4v) is 2.33. The maximum Gasteiger partial charge on any atom is 0.311 e. The van der Waals surface area contributed by atoms with Gasteiger partial charge in [0.1, 0.15) is 0 Å². The number of aliphatic hydroxyl groups excluding tert-OH is 1. The van der Waals surface area contributed by atoms with E-state index in [0.717, 1.165) is 4.47 Å². The number of carbonyl (C=O) groups excluding carboxylic acids is 1. The summed E-state index contributed by atoms with van der Waals surface area (Å²) in [7, 11) is 0. The zero-order valence-corrected chi connectivity index (χ0v) is 12.7. The lowest BCUT2D eigenvalue weighted by Crippen LogP contribution is -2.24. The first kappa shape index (κ1) is 15.5. The summed E-state index contributed by atoms with van der Waals surface area (Å²) in [4.78, 5) is 11.7. The van der Waals surface area contributed by atoms with Crippen LogP contribution >= 0.6 is 27.5 Å². The topological polar surface area (TPSA) is 46.5 Å². The molecule has 0 amide bonds. The average molecular weight is 336 g/mol. The molecule has 2 atom stereocenters. The van der Waals surface area contributed by atoms with Crippen molar-refractivity contribution < 1.29 is 14.6 Å². The van der Waals surface area contributed by atoms with Crippen LogP contribution in [0, 0.1) is 5.92 Å². The number of ether oxygens (including phenoxy) is 1. The van der Waals surface area contributed by atoms with Gasteiger partial charge in [0.15, 0.2) is 0 Å². The number of rotatable bonds is 5. The maximum absolute atomic E-state index is 11.7. The van der Waals surface area contributed by atoms with Crippen LogP contribution in [-0.2, 0) is 9.53 Å². The summed E-state index contributed by atoms with van der Waals surface area (Å²) in [5.74, 6) is -1.000. The van der Waals surface area contributed by atoms with E-state index in [-0.39, 0.29) is 0 Å². The first-order chi connectivity index (χ1) is 8.51. The Morgan fingerprint density at radius 2 is 2.17 bits per heavy atom. The summed E-state index contributed by atoms with van der Waals surface area (Å²) in [5.41, 5.74) is 0.533. The first-order valence-corrected chi connectivity index (χ1v) is 6.98. The van der Waals surface area contributed by atoms with E-state index in [4.69, 9.17) is 16.3 Å². The van der Waals surface area contributed by atoms with Gasteiger partial charge in [0.25, 0.3) is 0 Å². The Balaban J connectivity index is 2.99. The number of hydrogen-bond donors (Lipinski definition) is 1. The maximum atomic E-state index is 11.7. The van der Waals surface area contributed by atoms with Gasteiger partial charge in [-0.05, 0) is 31.5 Å². The second-order valence-corrected chi connectivity index (χ2v) is 5.20. The quantitative estimate of drug-likeness (QED) is 0.834. The van der Waals surface area contributed by atoms with E-state index in [0.29, 0.717) is 23.6 Å². The third-order valence-electron chi connectivity index (χ3n) is 2.69. The summed E-state index contributed by atoms with van der Waals surface area (Å²) >= 11 is 9.36. The molecule has 0 aromatic heterocycles. The second-order valence-electron chi connectivity index (χ2n) is 3.88. The lowest BCUT2D eigenvalue weighted by Gasteiger charge is -2.21. The summed E-state index contributed by atoms with van der Waals surface area (Å²) in [6.45, 7) is 3.87. The van der Waals surface area contributed by atoms with Crippen molar-refractivity contribution >= 4 is 33.5 Å². The summed E-state index contributed by atoms with van der Waals surface area (Å²) < 4.78 is 5.76. The lowest BCUT2D eigenvalue weighted by molar-refractivity contribution is -0.152. The number of esters is 1. The molecule has 100 valence electrons. The first-order valence-electron chi connectivity index (χ1n) is 5.80. The van der Waals surface area contributed by atoms with Crippen molar-refractivity contribution in [1.29, 1.82) is 0 Å². The van der Waals surface area contributed by atoms with E-state index >= 15 is 0 Å². The van der Waals surface area contributed by atoms with Crippen molar-refractivity contribution in [3.8, 4) is 0 Å². The molecule has 2 unspecified atom stereocenters. The van der Waals surface area contributed by atoms with Gasteiger partial charge >= 0.3 is 5.97 Å². The van der Waals surface area contributed by atoms with E-state index < -0.39 is 18.0 Å². The third-order valence-corrected chi connectivity index (χ3v) is 3.52. The molecule has 0 spiro atoms. The highest BCUT2D eigenvalue weighted by Gasteiger charge is 2.29. The minimum Gasteiger partial charge on any atom is -0.466 e. The van der Waals surface area contributed by atoms with Crippen LogP contribution in [0.1, 0.15) is 31.9 Å². The van der Waals surface area contributed by atoms with Gasteiger partial charge in [0.2, 0.25) is 0 Å². The predicted molar refractivity (Wildman–Crippen MR) is 74.5 cm³/mol. The highest BCUT2D eigenvalue weighted by atomic mass is 79.9. The Bertz CT molecular complexity index is 423. The summed E-state index contributed by atoms with van der Waals surface area (Å²) in [6.07, 6.45) is -0.470. The van der Waals surface area contributed by atoms with Crippen LogP contribution in [0.2, 0.25) is 5.02 Å². The van der Waals surface area contributed by atoms with Gasteiger partial charge in [-0.2, -0.15) is 0 Å². The van der Waals surface area contributed by atoms with Crippen LogP contribution in [0.5, 0.6) is 0 Å². The van der Waals surface area contributed by atoms with E-state index in [9.17, 15) is 9.90 Å². The van der Waals surface area contributed by atoms with Gasteiger partial charge in [-0.15, -0.1) is 0 Å². The van der Waals surface area contributed by atoms with Gasteiger partial charge in [0.05, 0.1) is 18.6 Å². The molecular formula is C13H16BrClO3.